The van der Waals surface area contributed by atoms with Crippen molar-refractivity contribution >= 4 is 5.95 Å². The Morgan fingerprint density at radius 2 is 2.04 bits per heavy atom. The first-order valence-corrected chi connectivity index (χ1v) is 9.48. The van der Waals surface area contributed by atoms with E-state index >= 15 is 0 Å². The summed E-state index contributed by atoms with van der Waals surface area (Å²) in [4.78, 5) is 19.7. The van der Waals surface area contributed by atoms with Crippen LogP contribution in [0.4, 0.5) is 5.95 Å². The molecule has 1 aromatic carbocycles. The summed E-state index contributed by atoms with van der Waals surface area (Å²) in [5.74, 6) is 1.37. The van der Waals surface area contributed by atoms with Crippen molar-refractivity contribution in [1.82, 2.24) is 24.8 Å². The lowest BCUT2D eigenvalue weighted by Crippen LogP contribution is -2.20. The van der Waals surface area contributed by atoms with Crippen LogP contribution in [0.25, 0.3) is 11.3 Å². The van der Waals surface area contributed by atoms with E-state index in [0.717, 1.165) is 53.7 Å². The lowest BCUT2D eigenvalue weighted by Gasteiger charge is -2.20. The lowest BCUT2D eigenvalue weighted by atomic mass is 10.0. The van der Waals surface area contributed by atoms with Crippen LogP contribution in [-0.4, -0.2) is 24.8 Å². The number of imidazole rings is 1. The highest BCUT2D eigenvalue weighted by atomic mass is 15.2. The highest BCUT2D eigenvalue weighted by molar-refractivity contribution is 5.66. The molecule has 0 radical (unpaired) electrons. The number of aryl methyl sites for hydroxylation is 3. The van der Waals surface area contributed by atoms with E-state index in [0.29, 0.717) is 5.95 Å². The summed E-state index contributed by atoms with van der Waals surface area (Å²) in [6.45, 7) is 10.1. The molecule has 0 saturated carbocycles. The average Bonchev–Trinajstić information content (AvgIpc) is 3.15. The van der Waals surface area contributed by atoms with E-state index in [4.69, 9.17) is 10.7 Å². The van der Waals surface area contributed by atoms with Crippen molar-refractivity contribution in [2.45, 2.75) is 53.2 Å². The predicted octanol–water partition coefficient (Wildman–Crippen LogP) is 3.70. The van der Waals surface area contributed by atoms with E-state index in [-0.39, 0.29) is 6.04 Å². The normalized spacial score (nSPS) is 16.7. The number of fused-ring (bicyclic) bond motifs is 1. The van der Waals surface area contributed by atoms with Crippen LogP contribution in [0.3, 0.4) is 0 Å². The Labute approximate surface area is 159 Å². The van der Waals surface area contributed by atoms with Crippen molar-refractivity contribution < 1.29 is 0 Å². The molecule has 0 amide bonds. The van der Waals surface area contributed by atoms with Crippen LogP contribution in [0.2, 0.25) is 0 Å². The molecule has 3 heterocycles. The standard InChI is InChI=1S/C21H26N6/c1-5-18-23-13(3)17(24-18)11-27-10-16-19(14(27)4)25-21(22)26-20(16)15-8-6-7-12(2)9-15/h6-9,14H,5,10-11H2,1-4H3,(H,23,24)(H2,22,25,26)/t14-/m0/s1. The zero-order valence-electron chi connectivity index (χ0n) is 16.4. The van der Waals surface area contributed by atoms with Crippen molar-refractivity contribution in [2.24, 2.45) is 0 Å². The fourth-order valence-corrected chi connectivity index (χ4v) is 3.83. The van der Waals surface area contributed by atoms with Crippen LogP contribution in [0.5, 0.6) is 0 Å². The zero-order valence-corrected chi connectivity index (χ0v) is 16.4. The zero-order chi connectivity index (χ0) is 19.1. The van der Waals surface area contributed by atoms with Gasteiger partial charge in [-0.05, 0) is 26.8 Å². The molecular weight excluding hydrogens is 336 g/mol. The maximum Gasteiger partial charge on any atom is 0.220 e. The number of H-pyrrole nitrogens is 1. The number of benzene rings is 1. The molecule has 1 atom stereocenters. The second kappa shape index (κ2) is 6.78. The average molecular weight is 362 g/mol. The number of anilines is 1. The number of aromatic nitrogens is 4. The largest absolute Gasteiger partial charge is 0.368 e. The highest BCUT2D eigenvalue weighted by Gasteiger charge is 2.32. The molecule has 4 rings (SSSR count). The van der Waals surface area contributed by atoms with Gasteiger partial charge in [0.25, 0.3) is 0 Å². The van der Waals surface area contributed by atoms with Crippen LogP contribution in [-0.2, 0) is 19.5 Å². The number of hydrogen-bond acceptors (Lipinski definition) is 5. The summed E-state index contributed by atoms with van der Waals surface area (Å²) >= 11 is 0. The highest BCUT2D eigenvalue weighted by Crippen LogP contribution is 2.38. The Bertz CT molecular complexity index is 990. The Kier molecular flexibility index (Phi) is 4.44. The van der Waals surface area contributed by atoms with E-state index in [9.17, 15) is 0 Å². The fourth-order valence-electron chi connectivity index (χ4n) is 3.83. The quantitative estimate of drug-likeness (QED) is 0.739. The van der Waals surface area contributed by atoms with Gasteiger partial charge in [0, 0.05) is 36.3 Å². The van der Waals surface area contributed by atoms with Crippen molar-refractivity contribution in [3.8, 4) is 11.3 Å². The molecule has 140 valence electrons. The third-order valence-electron chi connectivity index (χ3n) is 5.37. The number of nitrogens with zero attached hydrogens (tertiary/aromatic N) is 4. The number of nitrogen functional groups attached to an aromatic ring is 1. The SMILES string of the molecule is CCc1nc(CN2Cc3c(-c4cccc(C)c4)nc(N)nc3[C@@H]2C)c(C)[nH]1. The van der Waals surface area contributed by atoms with Gasteiger partial charge in [0.2, 0.25) is 5.95 Å². The van der Waals surface area contributed by atoms with Crippen LogP contribution in [0.1, 0.15) is 53.9 Å². The molecule has 0 aliphatic carbocycles. The van der Waals surface area contributed by atoms with Crippen LogP contribution in [0, 0.1) is 13.8 Å². The second-order valence-electron chi connectivity index (χ2n) is 7.35. The van der Waals surface area contributed by atoms with Gasteiger partial charge in [0.15, 0.2) is 0 Å². The Hall–Kier alpha value is -2.73. The second-order valence-corrected chi connectivity index (χ2v) is 7.35. The molecule has 0 fully saturated rings. The number of nitrogens with two attached hydrogens (primary N) is 1. The third kappa shape index (κ3) is 3.21. The van der Waals surface area contributed by atoms with Crippen molar-refractivity contribution in [1.29, 1.82) is 0 Å². The van der Waals surface area contributed by atoms with E-state index in [1.807, 2.05) is 0 Å². The molecule has 0 saturated heterocycles. The Balaban J connectivity index is 1.70. The van der Waals surface area contributed by atoms with E-state index < -0.39 is 0 Å². The van der Waals surface area contributed by atoms with Gasteiger partial charge in [-0.25, -0.2) is 15.0 Å². The van der Waals surface area contributed by atoms with Gasteiger partial charge >= 0.3 is 0 Å². The van der Waals surface area contributed by atoms with Crippen molar-refractivity contribution in [3.05, 3.63) is 58.3 Å². The van der Waals surface area contributed by atoms with E-state index in [1.165, 1.54) is 11.1 Å². The van der Waals surface area contributed by atoms with Gasteiger partial charge in [0.05, 0.1) is 23.1 Å². The number of nitrogens with one attached hydrogen (secondary N) is 1. The molecule has 1 aliphatic heterocycles. The minimum Gasteiger partial charge on any atom is -0.368 e. The molecule has 27 heavy (non-hydrogen) atoms. The molecule has 6 nitrogen and oxygen atoms in total. The third-order valence-corrected chi connectivity index (χ3v) is 5.37. The maximum atomic E-state index is 6.05. The lowest BCUT2D eigenvalue weighted by molar-refractivity contribution is 0.215. The van der Waals surface area contributed by atoms with Crippen molar-refractivity contribution in [2.75, 3.05) is 5.73 Å². The molecular formula is C21H26N6. The topological polar surface area (TPSA) is 83.7 Å². The van der Waals surface area contributed by atoms with Crippen LogP contribution in [0.15, 0.2) is 24.3 Å². The first-order chi connectivity index (χ1) is 13.0. The van der Waals surface area contributed by atoms with Gasteiger partial charge in [0.1, 0.15) is 5.82 Å². The first kappa shape index (κ1) is 17.7. The maximum absolute atomic E-state index is 6.05. The predicted molar refractivity (Wildman–Crippen MR) is 107 cm³/mol. The number of hydrogen-bond donors (Lipinski definition) is 2. The van der Waals surface area contributed by atoms with E-state index in [2.05, 4.69) is 71.8 Å². The summed E-state index contributed by atoms with van der Waals surface area (Å²) in [6, 6.07) is 8.57. The first-order valence-electron chi connectivity index (χ1n) is 9.48. The molecule has 0 spiro atoms. The monoisotopic (exact) mass is 362 g/mol. The van der Waals surface area contributed by atoms with Crippen molar-refractivity contribution in [3.63, 3.8) is 0 Å². The molecule has 0 bridgehead atoms. The summed E-state index contributed by atoms with van der Waals surface area (Å²) in [5, 5.41) is 0. The summed E-state index contributed by atoms with van der Waals surface area (Å²) in [6.07, 6.45) is 0.913. The minimum absolute atomic E-state index is 0.176. The van der Waals surface area contributed by atoms with Gasteiger partial charge in [-0.1, -0.05) is 30.7 Å². The molecule has 2 aromatic heterocycles. The van der Waals surface area contributed by atoms with Crippen LogP contribution >= 0.6 is 0 Å². The molecule has 6 heteroatoms. The smallest absolute Gasteiger partial charge is 0.220 e. The minimum atomic E-state index is 0.176. The Morgan fingerprint density at radius 3 is 2.74 bits per heavy atom. The van der Waals surface area contributed by atoms with Crippen LogP contribution < -0.4 is 5.73 Å². The number of rotatable bonds is 4. The molecule has 3 N–H and O–H groups in total. The van der Waals surface area contributed by atoms with Gasteiger partial charge < -0.3 is 10.7 Å². The molecule has 1 aliphatic rings. The van der Waals surface area contributed by atoms with Gasteiger partial charge in [-0.2, -0.15) is 0 Å². The van der Waals surface area contributed by atoms with E-state index in [1.54, 1.807) is 0 Å². The summed E-state index contributed by atoms with van der Waals surface area (Å²) in [7, 11) is 0. The summed E-state index contributed by atoms with van der Waals surface area (Å²) in [5.41, 5.74) is 13.7. The molecule has 3 aromatic rings. The molecule has 0 unspecified atom stereocenters. The number of aromatic amines is 1. The van der Waals surface area contributed by atoms with Gasteiger partial charge in [-0.3, -0.25) is 4.90 Å². The Morgan fingerprint density at radius 1 is 1.22 bits per heavy atom. The summed E-state index contributed by atoms with van der Waals surface area (Å²) < 4.78 is 0. The van der Waals surface area contributed by atoms with Gasteiger partial charge in [-0.15, -0.1) is 0 Å². The fraction of sp³-hybridized carbons (Fsp3) is 0.381.